The molecule has 0 aromatic carbocycles. The molecule has 1 N–H and O–H groups in total. The molecule has 6 heteroatoms. The molecule has 2 rings (SSSR count). The molecular weight excluding hydrogens is 324 g/mol. The largest absolute Gasteiger partial charge is 0.339 e. The number of anilines is 1. The topological polar surface area (TPSA) is 67.5 Å². The molecule has 0 unspecified atom stereocenters. The monoisotopic (exact) mass is 350 g/mol. The second-order valence-electron chi connectivity index (χ2n) is 5.90. The van der Waals surface area contributed by atoms with Gasteiger partial charge in [0.05, 0.1) is 11.9 Å². The van der Waals surface area contributed by atoms with Crippen LogP contribution in [0, 0.1) is 6.92 Å². The van der Waals surface area contributed by atoms with Crippen LogP contribution in [0.5, 0.6) is 0 Å². The standard InChI is InChI=1S/C20H26N6/c1-6-9-22-20(25-19-8-10-21-15(3)11-19)16(4)23-12-17(7-2)18-13-24-26(5)14-18/h6,8-14H,7H2,1-5H3,(H,21,22,25)/b9-6-,17-12+,23-16?. The number of hydrogen-bond acceptors (Lipinski definition) is 4. The third-order valence-corrected chi connectivity index (χ3v) is 3.73. The van der Waals surface area contributed by atoms with Gasteiger partial charge < -0.3 is 5.32 Å². The van der Waals surface area contributed by atoms with E-state index in [2.05, 4.69) is 32.3 Å². The Morgan fingerprint density at radius 3 is 2.77 bits per heavy atom. The van der Waals surface area contributed by atoms with Crippen molar-refractivity contribution in [3.8, 4) is 0 Å². The Morgan fingerprint density at radius 2 is 2.15 bits per heavy atom. The van der Waals surface area contributed by atoms with Crippen LogP contribution in [-0.4, -0.2) is 26.3 Å². The van der Waals surface area contributed by atoms with Crippen LogP contribution in [0.1, 0.15) is 38.4 Å². The van der Waals surface area contributed by atoms with E-state index >= 15 is 0 Å². The predicted molar refractivity (Wildman–Crippen MR) is 109 cm³/mol. The Morgan fingerprint density at radius 1 is 1.35 bits per heavy atom. The average molecular weight is 350 g/mol. The molecule has 2 aromatic heterocycles. The summed E-state index contributed by atoms with van der Waals surface area (Å²) in [5.74, 6) is 0.701. The number of nitrogens with zero attached hydrogens (tertiary/aromatic N) is 5. The molecular formula is C20H26N6. The highest BCUT2D eigenvalue weighted by atomic mass is 15.2. The highest BCUT2D eigenvalue weighted by Gasteiger charge is 2.06. The van der Waals surface area contributed by atoms with Gasteiger partial charge in [-0.25, -0.2) is 4.99 Å². The SMILES string of the molecule is C/C=C\N=C(Nc1ccnc(C)c1)C(C)=N/C=C(\CC)c1cnn(C)c1. The Kier molecular flexibility index (Phi) is 7.02. The van der Waals surface area contributed by atoms with E-state index in [1.807, 2.05) is 64.6 Å². The van der Waals surface area contributed by atoms with E-state index in [0.29, 0.717) is 5.84 Å². The van der Waals surface area contributed by atoms with Crippen LogP contribution in [-0.2, 0) is 7.05 Å². The van der Waals surface area contributed by atoms with Crippen molar-refractivity contribution in [1.29, 1.82) is 0 Å². The normalized spacial score (nSPS) is 13.5. The van der Waals surface area contributed by atoms with Crippen molar-refractivity contribution in [2.24, 2.45) is 17.0 Å². The lowest BCUT2D eigenvalue weighted by molar-refractivity contribution is 0.767. The first-order valence-electron chi connectivity index (χ1n) is 8.65. The third kappa shape index (κ3) is 5.51. The molecule has 2 heterocycles. The van der Waals surface area contributed by atoms with Gasteiger partial charge in [-0.05, 0) is 44.9 Å². The second-order valence-corrected chi connectivity index (χ2v) is 5.90. The summed E-state index contributed by atoms with van der Waals surface area (Å²) in [6.45, 7) is 7.94. The highest BCUT2D eigenvalue weighted by molar-refractivity contribution is 6.45. The van der Waals surface area contributed by atoms with E-state index in [4.69, 9.17) is 0 Å². The number of aromatic nitrogens is 3. The summed E-state index contributed by atoms with van der Waals surface area (Å²) in [6, 6.07) is 3.88. The van der Waals surface area contributed by atoms with Crippen LogP contribution >= 0.6 is 0 Å². The Hall–Kier alpha value is -3.02. The minimum Gasteiger partial charge on any atom is -0.339 e. The molecule has 0 fully saturated rings. The van der Waals surface area contributed by atoms with Gasteiger partial charge in [-0.2, -0.15) is 5.10 Å². The third-order valence-electron chi connectivity index (χ3n) is 3.73. The van der Waals surface area contributed by atoms with Gasteiger partial charge in [-0.1, -0.05) is 13.0 Å². The predicted octanol–water partition coefficient (Wildman–Crippen LogP) is 4.38. The van der Waals surface area contributed by atoms with Crippen molar-refractivity contribution < 1.29 is 0 Å². The van der Waals surface area contributed by atoms with E-state index in [0.717, 1.165) is 34.7 Å². The lowest BCUT2D eigenvalue weighted by Gasteiger charge is -2.09. The summed E-state index contributed by atoms with van der Waals surface area (Å²) in [5, 5.41) is 7.55. The second kappa shape index (κ2) is 9.46. The van der Waals surface area contributed by atoms with Crippen LogP contribution in [0.4, 0.5) is 5.69 Å². The van der Waals surface area contributed by atoms with Crippen LogP contribution in [0.25, 0.3) is 5.57 Å². The molecule has 0 saturated carbocycles. The van der Waals surface area contributed by atoms with Crippen LogP contribution in [0.15, 0.2) is 59.2 Å². The van der Waals surface area contributed by atoms with Crippen molar-refractivity contribution in [3.63, 3.8) is 0 Å². The molecule has 6 nitrogen and oxygen atoms in total. The van der Waals surface area contributed by atoms with Gasteiger partial charge in [0.25, 0.3) is 0 Å². The molecule has 0 spiro atoms. The maximum atomic E-state index is 4.63. The Bertz CT molecular complexity index is 855. The van der Waals surface area contributed by atoms with E-state index < -0.39 is 0 Å². The molecule has 0 aliphatic rings. The molecule has 136 valence electrons. The lowest BCUT2D eigenvalue weighted by atomic mass is 10.1. The van der Waals surface area contributed by atoms with Crippen molar-refractivity contribution in [2.75, 3.05) is 5.32 Å². The van der Waals surface area contributed by atoms with Gasteiger partial charge in [-0.15, -0.1) is 0 Å². The fourth-order valence-electron chi connectivity index (χ4n) is 2.32. The maximum Gasteiger partial charge on any atom is 0.151 e. The summed E-state index contributed by atoms with van der Waals surface area (Å²) in [7, 11) is 1.91. The maximum absolute atomic E-state index is 4.63. The van der Waals surface area contributed by atoms with Gasteiger partial charge in [0.2, 0.25) is 0 Å². The summed E-state index contributed by atoms with van der Waals surface area (Å²) in [6.07, 6.45) is 12.0. The van der Waals surface area contributed by atoms with Crippen LogP contribution < -0.4 is 5.32 Å². The molecule has 0 aliphatic carbocycles. The minimum absolute atomic E-state index is 0.701. The zero-order valence-electron chi connectivity index (χ0n) is 16.1. The number of aryl methyl sites for hydroxylation is 2. The lowest BCUT2D eigenvalue weighted by Crippen LogP contribution is -2.20. The first-order valence-corrected chi connectivity index (χ1v) is 8.65. The van der Waals surface area contributed by atoms with Gasteiger partial charge in [-0.3, -0.25) is 14.7 Å². The quantitative estimate of drug-likeness (QED) is 0.621. The van der Waals surface area contributed by atoms with E-state index in [1.54, 1.807) is 17.1 Å². The average Bonchev–Trinajstić information content (AvgIpc) is 3.05. The van der Waals surface area contributed by atoms with Crippen molar-refractivity contribution in [1.82, 2.24) is 14.8 Å². The van der Waals surface area contributed by atoms with Gasteiger partial charge in [0.15, 0.2) is 5.84 Å². The van der Waals surface area contributed by atoms with Gasteiger partial charge in [0.1, 0.15) is 0 Å². The zero-order valence-corrected chi connectivity index (χ0v) is 16.1. The van der Waals surface area contributed by atoms with E-state index in [1.165, 1.54) is 0 Å². The number of hydrogen-bond donors (Lipinski definition) is 1. The summed E-state index contributed by atoms with van der Waals surface area (Å²) < 4.78 is 1.79. The minimum atomic E-state index is 0.701. The van der Waals surface area contributed by atoms with Crippen molar-refractivity contribution in [3.05, 3.63) is 60.5 Å². The Balaban J connectivity index is 2.28. The van der Waals surface area contributed by atoms with Crippen LogP contribution in [0.3, 0.4) is 0 Å². The van der Waals surface area contributed by atoms with E-state index in [9.17, 15) is 0 Å². The van der Waals surface area contributed by atoms with Crippen molar-refractivity contribution >= 4 is 22.8 Å². The number of amidine groups is 1. The van der Waals surface area contributed by atoms with Gasteiger partial charge in [0, 0.05) is 48.8 Å². The highest BCUT2D eigenvalue weighted by Crippen LogP contribution is 2.17. The molecule has 0 amide bonds. The first-order chi connectivity index (χ1) is 12.5. The molecule has 0 radical (unpaired) electrons. The smallest absolute Gasteiger partial charge is 0.151 e. The fraction of sp³-hybridized carbons (Fsp3) is 0.300. The molecule has 0 saturated heterocycles. The molecule has 0 atom stereocenters. The number of rotatable bonds is 6. The summed E-state index contributed by atoms with van der Waals surface area (Å²) >= 11 is 0. The number of nitrogens with one attached hydrogen (secondary N) is 1. The zero-order chi connectivity index (χ0) is 18.9. The first kappa shape index (κ1) is 19.3. The Labute approximate surface area is 155 Å². The fourth-order valence-corrected chi connectivity index (χ4v) is 2.32. The summed E-state index contributed by atoms with van der Waals surface area (Å²) in [4.78, 5) is 13.3. The molecule has 0 bridgehead atoms. The van der Waals surface area contributed by atoms with Crippen LogP contribution in [0.2, 0.25) is 0 Å². The van der Waals surface area contributed by atoms with E-state index in [-0.39, 0.29) is 0 Å². The summed E-state index contributed by atoms with van der Waals surface area (Å²) in [5.41, 5.74) is 4.88. The number of allylic oxidation sites excluding steroid dienone is 2. The molecule has 0 aliphatic heterocycles. The number of aliphatic imine (C=N–C) groups is 2. The van der Waals surface area contributed by atoms with Crippen molar-refractivity contribution in [2.45, 2.75) is 34.1 Å². The van der Waals surface area contributed by atoms with Gasteiger partial charge >= 0.3 is 0 Å². The molecule has 26 heavy (non-hydrogen) atoms. The number of pyridine rings is 1. The molecule has 2 aromatic rings.